The molecule has 2 aromatic carbocycles. The lowest BCUT2D eigenvalue weighted by Crippen LogP contribution is -2.12. The molecule has 0 saturated heterocycles. The highest BCUT2D eigenvalue weighted by molar-refractivity contribution is 9.11. The minimum atomic E-state index is 0.650. The van der Waals surface area contributed by atoms with Gasteiger partial charge in [-0.2, -0.15) is 0 Å². The van der Waals surface area contributed by atoms with Crippen molar-refractivity contribution in [2.24, 2.45) is 0 Å². The molecule has 1 N–H and O–H groups in total. The monoisotopic (exact) mass is 475 g/mol. The van der Waals surface area contributed by atoms with Gasteiger partial charge in [0.05, 0.1) is 15.6 Å². The first-order valence-electron chi connectivity index (χ1n) is 6.66. The van der Waals surface area contributed by atoms with E-state index in [0.29, 0.717) is 6.61 Å². The highest BCUT2D eigenvalue weighted by atomic mass is 79.9. The molecular weight excluding hydrogens is 462 g/mol. The molecule has 0 aliphatic carbocycles. The maximum absolute atomic E-state index is 5.59. The van der Waals surface area contributed by atoms with Crippen molar-refractivity contribution < 1.29 is 4.74 Å². The maximum Gasteiger partial charge on any atom is 0.147 e. The van der Waals surface area contributed by atoms with Gasteiger partial charge in [-0.1, -0.05) is 28.1 Å². The van der Waals surface area contributed by atoms with Gasteiger partial charge in [-0.25, -0.2) is 0 Å². The van der Waals surface area contributed by atoms with Gasteiger partial charge < -0.3 is 10.1 Å². The molecule has 0 saturated carbocycles. The molecule has 0 heterocycles. The summed E-state index contributed by atoms with van der Waals surface area (Å²) < 4.78 is 8.64. The molecule has 0 aromatic heterocycles. The van der Waals surface area contributed by atoms with Crippen molar-refractivity contribution in [2.45, 2.75) is 20.0 Å². The Hall–Kier alpha value is -0.360. The second kappa shape index (κ2) is 8.32. The van der Waals surface area contributed by atoms with Gasteiger partial charge in [0.2, 0.25) is 0 Å². The molecule has 0 amide bonds. The van der Waals surface area contributed by atoms with Crippen molar-refractivity contribution >= 4 is 47.8 Å². The van der Waals surface area contributed by atoms with E-state index in [2.05, 4.69) is 77.4 Å². The molecule has 5 heteroatoms. The first-order valence-corrected chi connectivity index (χ1v) is 9.04. The van der Waals surface area contributed by atoms with E-state index < -0.39 is 0 Å². The molecule has 112 valence electrons. The largest absolute Gasteiger partial charge is 0.492 e. The SMILES string of the molecule is CCOc1c(Br)cc(CNCc2cccc(Br)c2)cc1Br. The summed E-state index contributed by atoms with van der Waals surface area (Å²) in [4.78, 5) is 0. The summed E-state index contributed by atoms with van der Waals surface area (Å²) in [5, 5.41) is 3.45. The third-order valence-electron chi connectivity index (χ3n) is 2.89. The van der Waals surface area contributed by atoms with Crippen LogP contribution in [0.4, 0.5) is 0 Å². The molecule has 2 rings (SSSR count). The lowest BCUT2D eigenvalue weighted by atomic mass is 10.2. The Balaban J connectivity index is 1.97. The molecule has 0 aliphatic rings. The van der Waals surface area contributed by atoms with Crippen LogP contribution in [0.2, 0.25) is 0 Å². The lowest BCUT2D eigenvalue weighted by Gasteiger charge is -2.11. The molecule has 0 unspecified atom stereocenters. The zero-order valence-corrected chi connectivity index (χ0v) is 16.4. The van der Waals surface area contributed by atoms with Crippen LogP contribution in [-0.4, -0.2) is 6.61 Å². The predicted octanol–water partition coefficient (Wildman–Crippen LogP) is 5.66. The zero-order chi connectivity index (χ0) is 15.2. The van der Waals surface area contributed by atoms with Crippen LogP contribution in [0.25, 0.3) is 0 Å². The minimum Gasteiger partial charge on any atom is -0.492 e. The first-order chi connectivity index (χ1) is 10.1. The van der Waals surface area contributed by atoms with Crippen LogP contribution in [0.15, 0.2) is 49.8 Å². The van der Waals surface area contributed by atoms with Crippen molar-refractivity contribution in [1.29, 1.82) is 0 Å². The molecule has 2 nitrogen and oxygen atoms in total. The highest BCUT2D eigenvalue weighted by Gasteiger charge is 2.08. The van der Waals surface area contributed by atoms with Gasteiger partial charge in [0.1, 0.15) is 5.75 Å². The Morgan fingerprint density at radius 2 is 1.62 bits per heavy atom. The fourth-order valence-corrected chi connectivity index (χ4v) is 3.95. The van der Waals surface area contributed by atoms with Crippen LogP contribution in [0, 0.1) is 0 Å². The van der Waals surface area contributed by atoms with E-state index in [1.165, 1.54) is 11.1 Å². The molecule has 0 aliphatic heterocycles. The Morgan fingerprint density at radius 1 is 0.952 bits per heavy atom. The number of benzene rings is 2. The highest BCUT2D eigenvalue weighted by Crippen LogP contribution is 2.34. The van der Waals surface area contributed by atoms with Gasteiger partial charge in [0, 0.05) is 17.6 Å². The summed E-state index contributed by atoms with van der Waals surface area (Å²) in [7, 11) is 0. The molecule has 0 fully saturated rings. The van der Waals surface area contributed by atoms with E-state index in [1.54, 1.807) is 0 Å². The predicted molar refractivity (Wildman–Crippen MR) is 97.7 cm³/mol. The molecule has 2 aromatic rings. The van der Waals surface area contributed by atoms with Gasteiger partial charge in [-0.05, 0) is 74.2 Å². The van der Waals surface area contributed by atoms with Crippen LogP contribution in [0.5, 0.6) is 5.75 Å². The van der Waals surface area contributed by atoms with Crippen molar-refractivity contribution in [3.05, 3.63) is 60.9 Å². The Bertz CT molecular complexity index is 593. The summed E-state index contributed by atoms with van der Waals surface area (Å²) in [5.41, 5.74) is 2.46. The third-order valence-corrected chi connectivity index (χ3v) is 4.57. The second-order valence-electron chi connectivity index (χ2n) is 4.56. The van der Waals surface area contributed by atoms with Gasteiger partial charge in [-0.3, -0.25) is 0 Å². The van der Waals surface area contributed by atoms with Crippen LogP contribution in [0.3, 0.4) is 0 Å². The van der Waals surface area contributed by atoms with E-state index in [9.17, 15) is 0 Å². The summed E-state index contributed by atoms with van der Waals surface area (Å²) in [6, 6.07) is 12.5. The fraction of sp³-hybridized carbons (Fsp3) is 0.250. The van der Waals surface area contributed by atoms with Crippen LogP contribution in [0.1, 0.15) is 18.1 Å². The van der Waals surface area contributed by atoms with E-state index in [1.807, 2.05) is 19.1 Å². The van der Waals surface area contributed by atoms with Gasteiger partial charge in [-0.15, -0.1) is 0 Å². The Labute approximate surface area is 150 Å². The lowest BCUT2D eigenvalue weighted by molar-refractivity contribution is 0.336. The van der Waals surface area contributed by atoms with Crippen LogP contribution in [-0.2, 0) is 13.1 Å². The van der Waals surface area contributed by atoms with Gasteiger partial charge in [0.15, 0.2) is 0 Å². The summed E-state index contributed by atoms with van der Waals surface area (Å²) in [6.45, 7) is 4.27. The average molecular weight is 478 g/mol. The normalized spacial score (nSPS) is 10.7. The molecule has 0 atom stereocenters. The Morgan fingerprint density at radius 3 is 2.24 bits per heavy atom. The molecular formula is C16H16Br3NO. The van der Waals surface area contributed by atoms with Crippen molar-refractivity contribution in [3.63, 3.8) is 0 Å². The standard InChI is InChI=1S/C16H16Br3NO/c1-2-21-16-14(18)7-12(8-15(16)19)10-20-9-11-4-3-5-13(17)6-11/h3-8,20H,2,9-10H2,1H3. The van der Waals surface area contributed by atoms with Crippen molar-refractivity contribution in [3.8, 4) is 5.75 Å². The molecule has 0 radical (unpaired) electrons. The maximum atomic E-state index is 5.59. The van der Waals surface area contributed by atoms with E-state index in [-0.39, 0.29) is 0 Å². The summed E-state index contributed by atoms with van der Waals surface area (Å²) in [5.74, 6) is 0.855. The minimum absolute atomic E-state index is 0.650. The van der Waals surface area contributed by atoms with Crippen LogP contribution >= 0.6 is 47.8 Å². The number of rotatable bonds is 6. The average Bonchev–Trinajstić information content (AvgIpc) is 2.43. The fourth-order valence-electron chi connectivity index (χ4n) is 1.99. The zero-order valence-electron chi connectivity index (χ0n) is 11.6. The second-order valence-corrected chi connectivity index (χ2v) is 7.18. The van der Waals surface area contributed by atoms with E-state index >= 15 is 0 Å². The molecule has 0 spiro atoms. The first kappa shape index (κ1) is 17.0. The van der Waals surface area contributed by atoms with E-state index in [0.717, 1.165) is 32.3 Å². The number of hydrogen-bond acceptors (Lipinski definition) is 2. The number of nitrogens with one attached hydrogen (secondary N) is 1. The quantitative estimate of drug-likeness (QED) is 0.579. The molecule has 0 bridgehead atoms. The third kappa shape index (κ3) is 5.09. The summed E-state index contributed by atoms with van der Waals surface area (Å²) in [6.07, 6.45) is 0. The molecule has 21 heavy (non-hydrogen) atoms. The number of ether oxygens (including phenoxy) is 1. The van der Waals surface area contributed by atoms with Gasteiger partial charge in [0.25, 0.3) is 0 Å². The van der Waals surface area contributed by atoms with Crippen molar-refractivity contribution in [2.75, 3.05) is 6.61 Å². The smallest absolute Gasteiger partial charge is 0.147 e. The summed E-state index contributed by atoms with van der Waals surface area (Å²) >= 11 is 10.6. The van der Waals surface area contributed by atoms with Crippen molar-refractivity contribution in [1.82, 2.24) is 5.32 Å². The van der Waals surface area contributed by atoms with Gasteiger partial charge >= 0.3 is 0 Å². The van der Waals surface area contributed by atoms with Crippen LogP contribution < -0.4 is 10.1 Å². The Kier molecular flexibility index (Phi) is 6.74. The number of hydrogen-bond donors (Lipinski definition) is 1. The number of halogens is 3. The van der Waals surface area contributed by atoms with E-state index in [4.69, 9.17) is 4.74 Å². The topological polar surface area (TPSA) is 21.3 Å².